The molecule has 1 aliphatic carbocycles. The number of fused-ring (bicyclic) bond motifs is 4. The summed E-state index contributed by atoms with van der Waals surface area (Å²) in [6, 6.07) is 2.24. The molecule has 0 spiro atoms. The number of aryl methyl sites for hydroxylation is 2. The summed E-state index contributed by atoms with van der Waals surface area (Å²) in [7, 11) is 0. The van der Waals surface area contributed by atoms with E-state index in [-0.39, 0.29) is 0 Å². The fourth-order valence-electron chi connectivity index (χ4n) is 3.60. The van der Waals surface area contributed by atoms with E-state index in [1.54, 1.807) is 6.33 Å². The third-order valence-corrected chi connectivity index (χ3v) is 4.97. The van der Waals surface area contributed by atoms with E-state index in [4.69, 9.17) is 9.40 Å². The van der Waals surface area contributed by atoms with E-state index < -0.39 is 0 Å². The summed E-state index contributed by atoms with van der Waals surface area (Å²) < 4.78 is 6.13. The molecule has 5 nitrogen and oxygen atoms in total. The van der Waals surface area contributed by atoms with Crippen molar-refractivity contribution in [3.63, 3.8) is 0 Å². The highest BCUT2D eigenvalue weighted by molar-refractivity contribution is 6.04. The summed E-state index contributed by atoms with van der Waals surface area (Å²) in [5, 5.41) is 1.03. The Balaban J connectivity index is 1.87. The van der Waals surface area contributed by atoms with E-state index in [2.05, 4.69) is 34.8 Å². The molecule has 0 bridgehead atoms. The molecule has 3 heterocycles. The van der Waals surface area contributed by atoms with Crippen LogP contribution in [0.15, 0.2) is 16.8 Å². The average molecular weight is 324 g/mol. The van der Waals surface area contributed by atoms with E-state index in [0.717, 1.165) is 54.7 Å². The third kappa shape index (κ3) is 2.52. The Kier molecular flexibility index (Phi) is 4.08. The first-order valence-electron chi connectivity index (χ1n) is 9.12. The minimum Gasteiger partial charge on any atom is -0.432 e. The van der Waals surface area contributed by atoms with Crippen LogP contribution in [0.2, 0.25) is 0 Å². The number of furan rings is 1. The lowest BCUT2D eigenvalue weighted by Crippen LogP contribution is -2.25. The van der Waals surface area contributed by atoms with Crippen LogP contribution in [0.4, 0.5) is 5.82 Å². The molecule has 0 unspecified atom stereocenters. The lowest BCUT2D eigenvalue weighted by Gasteiger charge is -2.21. The number of aromatic nitrogens is 3. The lowest BCUT2D eigenvalue weighted by molar-refractivity contribution is 0.627. The topological polar surface area (TPSA) is 55.1 Å². The van der Waals surface area contributed by atoms with Crippen molar-refractivity contribution in [3.05, 3.63) is 23.7 Å². The van der Waals surface area contributed by atoms with Gasteiger partial charge in [0.2, 0.25) is 5.71 Å². The Morgan fingerprint density at radius 2 is 2.04 bits per heavy atom. The van der Waals surface area contributed by atoms with Crippen LogP contribution in [0.3, 0.4) is 0 Å². The monoisotopic (exact) mass is 324 g/mol. The number of nitrogens with zero attached hydrogens (tertiary/aromatic N) is 4. The molecule has 0 radical (unpaired) electrons. The summed E-state index contributed by atoms with van der Waals surface area (Å²) >= 11 is 0. The van der Waals surface area contributed by atoms with Crippen LogP contribution >= 0.6 is 0 Å². The highest BCUT2D eigenvalue weighted by Gasteiger charge is 2.20. The van der Waals surface area contributed by atoms with Gasteiger partial charge in [-0.2, -0.15) is 0 Å². The zero-order valence-electron chi connectivity index (χ0n) is 14.5. The molecule has 0 atom stereocenters. The maximum absolute atomic E-state index is 6.13. The average Bonchev–Trinajstić information content (AvgIpc) is 2.98. The Labute approximate surface area is 142 Å². The predicted octanol–water partition coefficient (Wildman–Crippen LogP) is 4.28. The van der Waals surface area contributed by atoms with Crippen molar-refractivity contribution in [2.75, 3.05) is 18.0 Å². The van der Waals surface area contributed by atoms with E-state index >= 15 is 0 Å². The molecule has 1 aliphatic rings. The zero-order valence-corrected chi connectivity index (χ0v) is 14.5. The van der Waals surface area contributed by atoms with Gasteiger partial charge in [0.25, 0.3) is 0 Å². The minimum atomic E-state index is 0.707. The number of unbranched alkanes of at least 4 members (excludes halogenated alkanes) is 1. The highest BCUT2D eigenvalue weighted by atomic mass is 16.3. The summed E-state index contributed by atoms with van der Waals surface area (Å²) in [4.78, 5) is 16.1. The zero-order chi connectivity index (χ0) is 16.5. The van der Waals surface area contributed by atoms with Crippen LogP contribution in [0.5, 0.6) is 0 Å². The summed E-state index contributed by atoms with van der Waals surface area (Å²) in [6.45, 7) is 6.26. The van der Waals surface area contributed by atoms with Gasteiger partial charge in [-0.3, -0.25) is 0 Å². The van der Waals surface area contributed by atoms with Gasteiger partial charge in [-0.1, -0.05) is 13.3 Å². The van der Waals surface area contributed by atoms with Crippen LogP contribution in [0.1, 0.15) is 50.8 Å². The summed E-state index contributed by atoms with van der Waals surface area (Å²) in [6.07, 6.45) is 8.60. The molecule has 0 saturated carbocycles. The van der Waals surface area contributed by atoms with Crippen LogP contribution in [-0.2, 0) is 12.8 Å². The van der Waals surface area contributed by atoms with Gasteiger partial charge in [0, 0.05) is 18.8 Å². The molecule has 0 N–H and O–H groups in total. The number of hydrogen-bond acceptors (Lipinski definition) is 5. The smallest absolute Gasteiger partial charge is 0.229 e. The first-order chi connectivity index (χ1) is 11.8. The van der Waals surface area contributed by atoms with Crippen molar-refractivity contribution in [2.45, 2.75) is 52.4 Å². The molecule has 3 aromatic heterocycles. The molecule has 0 amide bonds. The Bertz CT molecular complexity index is 871. The van der Waals surface area contributed by atoms with Gasteiger partial charge in [0.15, 0.2) is 11.4 Å². The summed E-state index contributed by atoms with van der Waals surface area (Å²) in [5.41, 5.74) is 4.93. The van der Waals surface area contributed by atoms with E-state index in [1.807, 2.05) is 0 Å². The standard InChI is InChI=1S/C19H24N4O/c1-3-5-10-23(4-2)18-17-16(20-12-21-18)14-11-13-8-6-7-9-15(13)22-19(14)24-17/h11-12H,3-10H2,1-2H3. The molecule has 0 fully saturated rings. The van der Waals surface area contributed by atoms with E-state index in [0.29, 0.717) is 5.71 Å². The first kappa shape index (κ1) is 15.4. The van der Waals surface area contributed by atoms with Gasteiger partial charge >= 0.3 is 0 Å². The molecule has 0 aromatic carbocycles. The van der Waals surface area contributed by atoms with Crippen molar-refractivity contribution in [2.24, 2.45) is 0 Å². The fourth-order valence-corrected chi connectivity index (χ4v) is 3.60. The van der Waals surface area contributed by atoms with Crippen LogP contribution in [0.25, 0.3) is 22.2 Å². The van der Waals surface area contributed by atoms with Crippen LogP contribution in [0, 0.1) is 0 Å². The van der Waals surface area contributed by atoms with Crippen LogP contribution < -0.4 is 4.90 Å². The number of hydrogen-bond donors (Lipinski definition) is 0. The first-order valence-corrected chi connectivity index (χ1v) is 9.12. The van der Waals surface area contributed by atoms with Gasteiger partial charge in [-0.25, -0.2) is 15.0 Å². The maximum atomic E-state index is 6.13. The fraction of sp³-hybridized carbons (Fsp3) is 0.526. The van der Waals surface area contributed by atoms with Crippen molar-refractivity contribution in [1.29, 1.82) is 0 Å². The van der Waals surface area contributed by atoms with Gasteiger partial charge in [-0.15, -0.1) is 0 Å². The largest absolute Gasteiger partial charge is 0.432 e. The SMILES string of the molecule is CCCCN(CC)c1ncnc2c1oc1nc3c(cc12)CCCC3. The summed E-state index contributed by atoms with van der Waals surface area (Å²) in [5.74, 6) is 0.895. The molecule has 3 aromatic rings. The van der Waals surface area contributed by atoms with Crippen molar-refractivity contribution < 1.29 is 4.42 Å². The molecule has 126 valence electrons. The maximum Gasteiger partial charge on any atom is 0.229 e. The lowest BCUT2D eigenvalue weighted by atomic mass is 9.95. The minimum absolute atomic E-state index is 0.707. The predicted molar refractivity (Wildman–Crippen MR) is 96.5 cm³/mol. The van der Waals surface area contributed by atoms with E-state index in [9.17, 15) is 0 Å². The molecular weight excluding hydrogens is 300 g/mol. The molecule has 24 heavy (non-hydrogen) atoms. The van der Waals surface area contributed by atoms with Crippen molar-refractivity contribution >= 4 is 28.0 Å². The Morgan fingerprint density at radius 1 is 1.17 bits per heavy atom. The third-order valence-electron chi connectivity index (χ3n) is 4.97. The normalized spacial score (nSPS) is 14.2. The van der Waals surface area contributed by atoms with Gasteiger partial charge in [-0.05, 0) is 50.7 Å². The number of rotatable bonds is 5. The molecule has 4 rings (SSSR count). The van der Waals surface area contributed by atoms with E-state index in [1.165, 1.54) is 30.5 Å². The Hall–Kier alpha value is -2.17. The molecule has 5 heteroatoms. The van der Waals surface area contributed by atoms with Gasteiger partial charge < -0.3 is 9.32 Å². The number of pyridine rings is 1. The second-order valence-electron chi connectivity index (χ2n) is 6.56. The Morgan fingerprint density at radius 3 is 2.88 bits per heavy atom. The van der Waals surface area contributed by atoms with Gasteiger partial charge in [0.1, 0.15) is 11.8 Å². The van der Waals surface area contributed by atoms with Gasteiger partial charge in [0.05, 0.1) is 5.39 Å². The van der Waals surface area contributed by atoms with Crippen molar-refractivity contribution in [3.8, 4) is 0 Å². The quantitative estimate of drug-likeness (QED) is 0.701. The van der Waals surface area contributed by atoms with Crippen molar-refractivity contribution in [1.82, 2.24) is 15.0 Å². The second-order valence-corrected chi connectivity index (χ2v) is 6.56. The molecule has 0 saturated heterocycles. The molecule has 0 aliphatic heterocycles. The number of anilines is 1. The molecular formula is C19H24N4O. The highest BCUT2D eigenvalue weighted by Crippen LogP contribution is 2.34. The second kappa shape index (κ2) is 6.38. The van der Waals surface area contributed by atoms with Crippen LogP contribution in [-0.4, -0.2) is 28.0 Å².